The number of piperidine rings is 1. The van der Waals surface area contributed by atoms with Crippen LogP contribution < -0.4 is 19.8 Å². The Balaban J connectivity index is 0.961. The van der Waals surface area contributed by atoms with Gasteiger partial charge in [-0.1, -0.05) is 18.2 Å². The molecule has 36 heavy (non-hydrogen) atoms. The van der Waals surface area contributed by atoms with Gasteiger partial charge in [0.2, 0.25) is 0 Å². The molecule has 6 rings (SSSR count). The molecular formula is C29H33FN2O4. The van der Waals surface area contributed by atoms with E-state index in [-0.39, 0.29) is 23.2 Å². The van der Waals surface area contributed by atoms with E-state index in [0.717, 1.165) is 69.5 Å². The van der Waals surface area contributed by atoms with Crippen LogP contribution in [-0.4, -0.2) is 42.5 Å². The number of ketones is 1. The van der Waals surface area contributed by atoms with Crippen molar-refractivity contribution in [2.75, 3.05) is 26.2 Å². The van der Waals surface area contributed by atoms with Crippen molar-refractivity contribution in [2.24, 2.45) is 5.92 Å². The molecule has 0 aromatic heterocycles. The Hall–Kier alpha value is -2.90. The molecule has 6 nitrogen and oxygen atoms in total. The van der Waals surface area contributed by atoms with Gasteiger partial charge < -0.3 is 14.3 Å². The second-order valence-electron chi connectivity index (χ2n) is 10.6. The van der Waals surface area contributed by atoms with Crippen molar-refractivity contribution < 1.29 is 23.5 Å². The fourth-order valence-electron chi connectivity index (χ4n) is 6.16. The monoisotopic (exact) mass is 492 g/mol. The van der Waals surface area contributed by atoms with E-state index in [0.29, 0.717) is 36.0 Å². The lowest BCUT2D eigenvalue weighted by atomic mass is 9.86. The maximum Gasteiger partial charge on any atom is 0.170 e. The van der Waals surface area contributed by atoms with Crippen LogP contribution in [0.5, 0.6) is 17.2 Å². The van der Waals surface area contributed by atoms with Crippen LogP contribution in [0.15, 0.2) is 48.6 Å². The van der Waals surface area contributed by atoms with Crippen LogP contribution in [0.1, 0.15) is 66.9 Å². The minimum absolute atomic E-state index is 0.131. The number of rotatable bonds is 6. The number of carbonyl (C=O) groups excluding carboxylic acids is 1. The van der Waals surface area contributed by atoms with Crippen LogP contribution in [0.3, 0.4) is 0 Å². The van der Waals surface area contributed by atoms with Crippen molar-refractivity contribution in [1.29, 1.82) is 0 Å². The molecule has 1 atom stereocenters. The number of nitrogens with zero attached hydrogens (tertiary/aromatic N) is 1. The van der Waals surface area contributed by atoms with Gasteiger partial charge in [0, 0.05) is 24.2 Å². The van der Waals surface area contributed by atoms with Crippen LogP contribution in [0.2, 0.25) is 0 Å². The third kappa shape index (κ3) is 4.74. The summed E-state index contributed by atoms with van der Waals surface area (Å²) in [4.78, 5) is 20.6. The maximum atomic E-state index is 13.4. The molecule has 1 saturated carbocycles. The molecule has 0 bridgehead atoms. The number of carbonyl (C=O) groups is 1. The number of hydroxylamine groups is 1. The molecule has 0 amide bonds. The predicted molar refractivity (Wildman–Crippen MR) is 134 cm³/mol. The molecule has 3 aliphatic heterocycles. The fourth-order valence-corrected chi connectivity index (χ4v) is 6.16. The molecule has 0 radical (unpaired) electrons. The van der Waals surface area contributed by atoms with E-state index in [1.54, 1.807) is 0 Å². The van der Waals surface area contributed by atoms with Crippen molar-refractivity contribution in [2.45, 2.75) is 56.6 Å². The number of hydrogen-bond acceptors (Lipinski definition) is 6. The SMILES string of the molecule is O=C1CC2(CCCC2)Oc2cc(OCC=CCN3CCC(C4NOc5cc(F)ccc54)CC3)ccc21. The Kier molecular flexibility index (Phi) is 6.44. The van der Waals surface area contributed by atoms with Crippen LogP contribution in [0, 0.1) is 11.7 Å². The highest BCUT2D eigenvalue weighted by atomic mass is 19.1. The van der Waals surface area contributed by atoms with E-state index in [1.165, 1.54) is 12.1 Å². The largest absolute Gasteiger partial charge is 0.489 e. The molecule has 1 unspecified atom stereocenters. The number of ether oxygens (including phenoxy) is 2. The summed E-state index contributed by atoms with van der Waals surface area (Å²) >= 11 is 0. The zero-order valence-corrected chi connectivity index (χ0v) is 20.5. The first-order valence-corrected chi connectivity index (χ1v) is 13.2. The summed E-state index contributed by atoms with van der Waals surface area (Å²) in [7, 11) is 0. The highest BCUT2D eigenvalue weighted by Gasteiger charge is 2.42. The lowest BCUT2D eigenvalue weighted by Crippen LogP contribution is -2.39. The van der Waals surface area contributed by atoms with Gasteiger partial charge in [-0.05, 0) is 75.7 Å². The summed E-state index contributed by atoms with van der Waals surface area (Å²) in [6.45, 7) is 3.40. The Labute approximate surface area is 211 Å². The normalized spacial score (nSPS) is 23.5. The van der Waals surface area contributed by atoms with E-state index in [1.807, 2.05) is 30.3 Å². The highest BCUT2D eigenvalue weighted by molar-refractivity contribution is 6.00. The molecule has 1 N–H and O–H groups in total. The zero-order valence-electron chi connectivity index (χ0n) is 20.5. The third-order valence-corrected chi connectivity index (χ3v) is 8.16. The van der Waals surface area contributed by atoms with Crippen molar-refractivity contribution >= 4 is 5.78 Å². The van der Waals surface area contributed by atoms with Crippen LogP contribution >= 0.6 is 0 Å². The average Bonchev–Trinajstić information content (AvgIpc) is 3.50. The highest BCUT2D eigenvalue weighted by Crippen LogP contribution is 2.44. The lowest BCUT2D eigenvalue weighted by molar-refractivity contribution is 0.0449. The van der Waals surface area contributed by atoms with Gasteiger partial charge in [-0.3, -0.25) is 9.69 Å². The molecule has 190 valence electrons. The maximum absolute atomic E-state index is 13.4. The number of Topliss-reactive ketones (excluding diaryl/α,β-unsaturated/α-hetero) is 1. The minimum atomic E-state index is -0.293. The van der Waals surface area contributed by atoms with Crippen LogP contribution in [-0.2, 0) is 0 Å². The second-order valence-corrected chi connectivity index (χ2v) is 10.6. The molecule has 1 spiro atoms. The Morgan fingerprint density at radius 3 is 2.75 bits per heavy atom. The van der Waals surface area contributed by atoms with Crippen molar-refractivity contribution in [3.05, 3.63) is 65.5 Å². The number of hydrogen-bond donors (Lipinski definition) is 1. The lowest BCUT2D eigenvalue weighted by Gasteiger charge is -2.34. The number of fused-ring (bicyclic) bond motifs is 2. The quantitative estimate of drug-likeness (QED) is 0.546. The molecule has 3 heterocycles. The molecule has 4 aliphatic rings. The number of halogens is 1. The molecular weight excluding hydrogens is 459 g/mol. The molecule has 1 saturated heterocycles. The van der Waals surface area contributed by atoms with Gasteiger partial charge in [0.1, 0.15) is 29.5 Å². The first-order chi connectivity index (χ1) is 17.6. The molecule has 7 heteroatoms. The molecule has 2 aromatic rings. The minimum Gasteiger partial charge on any atom is -0.489 e. The first-order valence-electron chi connectivity index (χ1n) is 13.2. The van der Waals surface area contributed by atoms with Gasteiger partial charge >= 0.3 is 0 Å². The predicted octanol–water partition coefficient (Wildman–Crippen LogP) is 5.39. The second kappa shape index (κ2) is 9.87. The van der Waals surface area contributed by atoms with E-state index in [4.69, 9.17) is 14.3 Å². The fraction of sp³-hybridized carbons (Fsp3) is 0.483. The summed E-state index contributed by atoms with van der Waals surface area (Å²) < 4.78 is 25.7. The van der Waals surface area contributed by atoms with Crippen LogP contribution in [0.4, 0.5) is 4.39 Å². The Bertz CT molecular complexity index is 1150. The van der Waals surface area contributed by atoms with E-state index in [9.17, 15) is 9.18 Å². The standard InChI is InChI=1S/C29H33FN2O4/c30-21-5-7-24-27(17-21)36-31-28(24)20-9-14-32(15-10-20)13-3-4-16-34-22-6-8-23-25(33)19-29(11-1-2-12-29)35-26(23)18-22/h3-8,17-18,20,28,31H,1-2,9-16,19H2. The first kappa shape index (κ1) is 23.5. The average molecular weight is 493 g/mol. The summed E-state index contributed by atoms with van der Waals surface area (Å²) in [5, 5.41) is 0. The number of nitrogens with one attached hydrogen (secondary N) is 1. The van der Waals surface area contributed by atoms with Crippen molar-refractivity contribution in [3.8, 4) is 17.2 Å². The summed E-state index contributed by atoms with van der Waals surface area (Å²) in [6.07, 6.45) is 11.0. The Morgan fingerprint density at radius 1 is 1.08 bits per heavy atom. The smallest absolute Gasteiger partial charge is 0.170 e. The van der Waals surface area contributed by atoms with Crippen molar-refractivity contribution in [1.82, 2.24) is 10.4 Å². The molecule has 1 aliphatic carbocycles. The van der Waals surface area contributed by atoms with E-state index in [2.05, 4.69) is 16.5 Å². The molecule has 2 aromatic carbocycles. The summed E-state index contributed by atoms with van der Waals surface area (Å²) in [5.74, 6) is 2.40. The van der Waals surface area contributed by atoms with E-state index < -0.39 is 0 Å². The number of benzene rings is 2. The van der Waals surface area contributed by atoms with Gasteiger partial charge in [-0.2, -0.15) is 0 Å². The van der Waals surface area contributed by atoms with Gasteiger partial charge in [0.05, 0.1) is 18.0 Å². The van der Waals surface area contributed by atoms with Crippen LogP contribution in [0.25, 0.3) is 0 Å². The number of likely N-dealkylation sites (tertiary alicyclic amines) is 1. The van der Waals surface area contributed by atoms with E-state index >= 15 is 0 Å². The van der Waals surface area contributed by atoms with Crippen molar-refractivity contribution in [3.63, 3.8) is 0 Å². The van der Waals surface area contributed by atoms with Gasteiger partial charge in [0.15, 0.2) is 11.5 Å². The van der Waals surface area contributed by atoms with Gasteiger partial charge in [0.25, 0.3) is 0 Å². The Morgan fingerprint density at radius 2 is 1.92 bits per heavy atom. The van der Waals surface area contributed by atoms with Gasteiger partial charge in [-0.15, -0.1) is 5.48 Å². The topological polar surface area (TPSA) is 60.0 Å². The summed E-state index contributed by atoms with van der Waals surface area (Å²) in [6, 6.07) is 10.5. The molecule has 2 fully saturated rings. The zero-order chi connectivity index (χ0) is 24.5. The summed E-state index contributed by atoms with van der Waals surface area (Å²) in [5.41, 5.74) is 4.54. The van der Waals surface area contributed by atoms with Gasteiger partial charge in [-0.25, -0.2) is 4.39 Å². The third-order valence-electron chi connectivity index (χ3n) is 8.16.